The molecule has 1 aromatic rings. The van der Waals surface area contributed by atoms with Crippen molar-refractivity contribution in [1.82, 2.24) is 0 Å². The first-order valence-corrected chi connectivity index (χ1v) is 5.27. The second-order valence-corrected chi connectivity index (χ2v) is 3.45. The Morgan fingerprint density at radius 3 is 3.06 bits per heavy atom. The molecule has 0 saturated carbocycles. The zero-order valence-corrected chi connectivity index (χ0v) is 9.53. The minimum atomic E-state index is -0.176. The highest BCUT2D eigenvalue weighted by atomic mass is 16.5. The summed E-state index contributed by atoms with van der Waals surface area (Å²) in [7, 11) is 1.41. The van der Waals surface area contributed by atoms with Crippen molar-refractivity contribution in [1.29, 1.82) is 0 Å². The molecule has 0 heterocycles. The molecular weight excluding hydrogens is 202 g/mol. The molecule has 0 atom stereocenters. The van der Waals surface area contributed by atoms with Crippen molar-refractivity contribution in [3.63, 3.8) is 0 Å². The third-order valence-corrected chi connectivity index (χ3v) is 2.22. The summed E-state index contributed by atoms with van der Waals surface area (Å²) < 4.78 is 4.60. The van der Waals surface area contributed by atoms with E-state index in [0.717, 1.165) is 17.8 Å². The van der Waals surface area contributed by atoms with Crippen LogP contribution < -0.4 is 5.32 Å². The molecule has 0 amide bonds. The zero-order valence-electron chi connectivity index (χ0n) is 9.53. The van der Waals surface area contributed by atoms with E-state index in [1.807, 2.05) is 24.3 Å². The molecule has 0 radical (unpaired) electrons. The van der Waals surface area contributed by atoms with Gasteiger partial charge in [-0.05, 0) is 24.1 Å². The van der Waals surface area contributed by atoms with Crippen molar-refractivity contribution in [2.45, 2.75) is 12.8 Å². The van der Waals surface area contributed by atoms with Gasteiger partial charge in [-0.25, -0.2) is 0 Å². The van der Waals surface area contributed by atoms with Crippen LogP contribution in [0.4, 0.5) is 5.69 Å². The first-order chi connectivity index (χ1) is 7.76. The number of anilines is 1. The normalized spacial score (nSPS) is 9.56. The number of carbonyl (C=O) groups excluding carboxylic acids is 1. The maximum Gasteiger partial charge on any atom is 0.305 e. The number of hydrogen-bond donors (Lipinski definition) is 1. The van der Waals surface area contributed by atoms with E-state index in [2.05, 4.69) is 16.6 Å². The molecule has 0 aromatic heterocycles. The smallest absolute Gasteiger partial charge is 0.305 e. The Morgan fingerprint density at radius 2 is 2.38 bits per heavy atom. The molecular formula is C13H17NO2. The van der Waals surface area contributed by atoms with Crippen LogP contribution in [0.3, 0.4) is 0 Å². The first kappa shape index (κ1) is 12.3. The summed E-state index contributed by atoms with van der Waals surface area (Å²) in [6, 6.07) is 8.00. The van der Waals surface area contributed by atoms with Crippen molar-refractivity contribution >= 4 is 11.7 Å². The van der Waals surface area contributed by atoms with Gasteiger partial charge >= 0.3 is 5.97 Å². The molecule has 0 fully saturated rings. The molecule has 0 unspecified atom stereocenters. The highest BCUT2D eigenvalue weighted by Crippen LogP contribution is 2.12. The molecule has 3 nitrogen and oxygen atoms in total. The Labute approximate surface area is 96.1 Å². The third-order valence-electron chi connectivity index (χ3n) is 2.22. The summed E-state index contributed by atoms with van der Waals surface area (Å²) in [5.41, 5.74) is 2.17. The fraction of sp³-hybridized carbons (Fsp3) is 0.308. The number of aryl methyl sites for hydroxylation is 1. The Bertz CT molecular complexity index is 361. The fourth-order valence-electron chi connectivity index (χ4n) is 1.38. The van der Waals surface area contributed by atoms with Crippen LogP contribution in [0.2, 0.25) is 0 Å². The van der Waals surface area contributed by atoms with Gasteiger partial charge in [-0.15, -0.1) is 6.58 Å². The van der Waals surface area contributed by atoms with Crippen LogP contribution in [0.25, 0.3) is 0 Å². The maximum absolute atomic E-state index is 11.0. The Hall–Kier alpha value is -1.77. The van der Waals surface area contributed by atoms with Crippen LogP contribution in [0, 0.1) is 0 Å². The lowest BCUT2D eigenvalue weighted by Gasteiger charge is -2.06. The average molecular weight is 219 g/mol. The number of rotatable bonds is 6. The molecule has 86 valence electrons. The summed E-state index contributed by atoms with van der Waals surface area (Å²) in [4.78, 5) is 11.0. The molecule has 0 bridgehead atoms. The predicted octanol–water partition coefficient (Wildman–Crippen LogP) is 2.39. The SMILES string of the molecule is C=CCNc1cccc(CCC(=O)OC)c1. The van der Waals surface area contributed by atoms with Crippen LogP contribution in [0.1, 0.15) is 12.0 Å². The summed E-state index contributed by atoms with van der Waals surface area (Å²) in [5, 5.41) is 3.20. The third kappa shape index (κ3) is 4.17. The van der Waals surface area contributed by atoms with Crippen molar-refractivity contribution in [2.24, 2.45) is 0 Å². The second-order valence-electron chi connectivity index (χ2n) is 3.45. The highest BCUT2D eigenvalue weighted by Gasteiger charge is 2.01. The lowest BCUT2D eigenvalue weighted by Crippen LogP contribution is -2.02. The van der Waals surface area contributed by atoms with E-state index in [4.69, 9.17) is 0 Å². The van der Waals surface area contributed by atoms with Crippen molar-refractivity contribution in [3.8, 4) is 0 Å². The molecule has 0 aliphatic rings. The zero-order chi connectivity index (χ0) is 11.8. The molecule has 1 aromatic carbocycles. The van der Waals surface area contributed by atoms with Gasteiger partial charge in [0.15, 0.2) is 0 Å². The summed E-state index contributed by atoms with van der Waals surface area (Å²) >= 11 is 0. The number of nitrogens with one attached hydrogen (secondary N) is 1. The fourth-order valence-corrected chi connectivity index (χ4v) is 1.38. The second kappa shape index (κ2) is 6.67. The molecule has 0 aliphatic carbocycles. The number of methoxy groups -OCH3 is 1. The van der Waals surface area contributed by atoms with Gasteiger partial charge in [0.25, 0.3) is 0 Å². The molecule has 16 heavy (non-hydrogen) atoms. The summed E-state index contributed by atoms with van der Waals surface area (Å²) in [6.45, 7) is 4.38. The van der Waals surface area contributed by atoms with Gasteiger partial charge in [0.1, 0.15) is 0 Å². The summed E-state index contributed by atoms with van der Waals surface area (Å²) in [5.74, 6) is -0.176. The average Bonchev–Trinajstić information content (AvgIpc) is 2.34. The predicted molar refractivity (Wildman–Crippen MR) is 65.5 cm³/mol. The number of benzene rings is 1. The monoisotopic (exact) mass is 219 g/mol. The van der Waals surface area contributed by atoms with Gasteiger partial charge in [0, 0.05) is 18.7 Å². The van der Waals surface area contributed by atoms with Gasteiger partial charge < -0.3 is 10.1 Å². The van der Waals surface area contributed by atoms with E-state index >= 15 is 0 Å². The largest absolute Gasteiger partial charge is 0.469 e. The lowest BCUT2D eigenvalue weighted by atomic mass is 10.1. The van der Waals surface area contributed by atoms with E-state index in [1.165, 1.54) is 7.11 Å². The number of ether oxygens (including phenoxy) is 1. The minimum Gasteiger partial charge on any atom is -0.469 e. The van der Waals surface area contributed by atoms with Crippen molar-refractivity contribution < 1.29 is 9.53 Å². The molecule has 1 rings (SSSR count). The Balaban J connectivity index is 2.53. The Morgan fingerprint density at radius 1 is 1.56 bits per heavy atom. The van der Waals surface area contributed by atoms with Crippen LogP contribution in [-0.4, -0.2) is 19.6 Å². The van der Waals surface area contributed by atoms with Crippen molar-refractivity contribution in [3.05, 3.63) is 42.5 Å². The van der Waals surface area contributed by atoms with Crippen LogP contribution in [0.15, 0.2) is 36.9 Å². The van der Waals surface area contributed by atoms with E-state index in [9.17, 15) is 4.79 Å². The van der Waals surface area contributed by atoms with Crippen LogP contribution in [-0.2, 0) is 16.0 Å². The van der Waals surface area contributed by atoms with Gasteiger partial charge in [-0.2, -0.15) is 0 Å². The molecule has 0 aliphatic heterocycles. The lowest BCUT2D eigenvalue weighted by molar-refractivity contribution is -0.140. The minimum absolute atomic E-state index is 0.176. The quantitative estimate of drug-likeness (QED) is 0.589. The Kier molecular flexibility index (Phi) is 5.12. The van der Waals surface area contributed by atoms with Gasteiger partial charge in [0.2, 0.25) is 0 Å². The molecule has 1 N–H and O–H groups in total. The van der Waals surface area contributed by atoms with E-state index in [1.54, 1.807) is 6.08 Å². The maximum atomic E-state index is 11.0. The summed E-state index contributed by atoms with van der Waals surface area (Å²) in [6.07, 6.45) is 2.93. The number of esters is 1. The van der Waals surface area contributed by atoms with Crippen LogP contribution in [0.5, 0.6) is 0 Å². The molecule has 0 spiro atoms. The molecule has 3 heteroatoms. The van der Waals surface area contributed by atoms with Gasteiger partial charge in [-0.1, -0.05) is 18.2 Å². The van der Waals surface area contributed by atoms with Crippen LogP contribution >= 0.6 is 0 Å². The van der Waals surface area contributed by atoms with Gasteiger partial charge in [0.05, 0.1) is 7.11 Å². The topological polar surface area (TPSA) is 38.3 Å². The highest BCUT2D eigenvalue weighted by molar-refractivity contribution is 5.69. The van der Waals surface area contributed by atoms with Crippen molar-refractivity contribution in [2.75, 3.05) is 19.0 Å². The van der Waals surface area contributed by atoms with E-state index in [-0.39, 0.29) is 5.97 Å². The standard InChI is InChI=1S/C13H17NO2/c1-3-9-14-12-6-4-5-11(10-12)7-8-13(15)16-2/h3-6,10,14H,1,7-9H2,2H3. The molecule has 0 saturated heterocycles. The first-order valence-electron chi connectivity index (χ1n) is 5.27. The number of hydrogen-bond acceptors (Lipinski definition) is 3. The van der Waals surface area contributed by atoms with E-state index < -0.39 is 0 Å². The van der Waals surface area contributed by atoms with Gasteiger partial charge in [-0.3, -0.25) is 4.79 Å². The van der Waals surface area contributed by atoms with E-state index in [0.29, 0.717) is 12.8 Å². The number of carbonyl (C=O) groups is 1.